The third-order valence-corrected chi connectivity index (χ3v) is 3.62. The number of rotatable bonds is 6. The molecule has 2 N–H and O–H groups in total. The highest BCUT2D eigenvalue weighted by molar-refractivity contribution is 5.98. The number of benzene rings is 2. The van der Waals surface area contributed by atoms with Crippen LogP contribution in [0.15, 0.2) is 48.5 Å². The molecule has 2 aromatic rings. The van der Waals surface area contributed by atoms with Gasteiger partial charge in [-0.25, -0.2) is 0 Å². The Kier molecular flexibility index (Phi) is 5.89. The summed E-state index contributed by atoms with van der Waals surface area (Å²) in [5.41, 5.74) is 2.52. The van der Waals surface area contributed by atoms with E-state index in [9.17, 15) is 14.4 Å². The SMILES string of the molecule is CC(=O)Nc1cc(C(=O)N(CC(=O)O)Cc2ccccc2)ccc1C. The number of carbonyl (C=O) groups is 3. The second-order valence-electron chi connectivity index (χ2n) is 5.75. The zero-order valence-corrected chi connectivity index (χ0v) is 14.2. The predicted molar refractivity (Wildman–Crippen MR) is 94.3 cm³/mol. The van der Waals surface area contributed by atoms with Crippen LogP contribution in [0.2, 0.25) is 0 Å². The van der Waals surface area contributed by atoms with Gasteiger partial charge < -0.3 is 15.3 Å². The first-order valence-corrected chi connectivity index (χ1v) is 7.80. The first-order chi connectivity index (χ1) is 11.9. The molecule has 0 saturated heterocycles. The number of nitrogens with one attached hydrogen (secondary N) is 1. The maximum absolute atomic E-state index is 12.8. The van der Waals surface area contributed by atoms with Crippen molar-refractivity contribution in [2.45, 2.75) is 20.4 Å². The monoisotopic (exact) mass is 340 g/mol. The maximum atomic E-state index is 12.8. The smallest absolute Gasteiger partial charge is 0.323 e. The van der Waals surface area contributed by atoms with Crippen LogP contribution in [0.5, 0.6) is 0 Å². The quantitative estimate of drug-likeness (QED) is 0.846. The van der Waals surface area contributed by atoms with Gasteiger partial charge in [0.15, 0.2) is 0 Å². The summed E-state index contributed by atoms with van der Waals surface area (Å²) >= 11 is 0. The topological polar surface area (TPSA) is 86.7 Å². The molecule has 130 valence electrons. The normalized spacial score (nSPS) is 10.2. The van der Waals surface area contributed by atoms with Crippen LogP contribution < -0.4 is 5.32 Å². The van der Waals surface area contributed by atoms with E-state index in [0.29, 0.717) is 11.3 Å². The minimum Gasteiger partial charge on any atom is -0.480 e. The van der Waals surface area contributed by atoms with Crippen molar-refractivity contribution >= 4 is 23.5 Å². The van der Waals surface area contributed by atoms with Crippen molar-refractivity contribution in [3.8, 4) is 0 Å². The molecule has 0 aliphatic rings. The number of nitrogens with zero attached hydrogens (tertiary/aromatic N) is 1. The third kappa shape index (κ3) is 5.17. The lowest BCUT2D eigenvalue weighted by Gasteiger charge is -2.21. The Labute approximate surface area is 146 Å². The van der Waals surface area contributed by atoms with E-state index in [2.05, 4.69) is 5.32 Å². The van der Waals surface area contributed by atoms with E-state index in [1.165, 1.54) is 11.8 Å². The van der Waals surface area contributed by atoms with Gasteiger partial charge >= 0.3 is 5.97 Å². The van der Waals surface area contributed by atoms with Gasteiger partial charge in [-0.3, -0.25) is 14.4 Å². The zero-order valence-electron chi connectivity index (χ0n) is 14.2. The van der Waals surface area contributed by atoms with Crippen molar-refractivity contribution in [1.29, 1.82) is 0 Å². The molecule has 0 heterocycles. The van der Waals surface area contributed by atoms with Gasteiger partial charge in [-0.15, -0.1) is 0 Å². The van der Waals surface area contributed by atoms with Crippen LogP contribution in [0.3, 0.4) is 0 Å². The second kappa shape index (κ2) is 8.10. The predicted octanol–water partition coefficient (Wildman–Crippen LogP) is 2.68. The number of carboxylic acids is 1. The van der Waals surface area contributed by atoms with E-state index in [1.807, 2.05) is 37.3 Å². The molecule has 0 aliphatic heterocycles. The molecule has 0 aliphatic carbocycles. The fourth-order valence-corrected chi connectivity index (χ4v) is 2.43. The van der Waals surface area contributed by atoms with Crippen LogP contribution in [-0.4, -0.2) is 34.3 Å². The summed E-state index contributed by atoms with van der Waals surface area (Å²) in [5.74, 6) is -1.73. The van der Waals surface area contributed by atoms with Gasteiger partial charge in [-0.2, -0.15) is 0 Å². The number of carboxylic acid groups (broad SMARTS) is 1. The van der Waals surface area contributed by atoms with Gasteiger partial charge in [-0.05, 0) is 30.2 Å². The van der Waals surface area contributed by atoms with E-state index in [0.717, 1.165) is 11.1 Å². The average molecular weight is 340 g/mol. The van der Waals surface area contributed by atoms with Crippen LogP contribution in [0, 0.1) is 6.92 Å². The Bertz CT molecular complexity index is 787. The van der Waals surface area contributed by atoms with Crippen molar-refractivity contribution in [2.24, 2.45) is 0 Å². The van der Waals surface area contributed by atoms with E-state index >= 15 is 0 Å². The Hall–Kier alpha value is -3.15. The van der Waals surface area contributed by atoms with Crippen molar-refractivity contribution in [3.63, 3.8) is 0 Å². The highest BCUT2D eigenvalue weighted by atomic mass is 16.4. The number of hydrogen-bond donors (Lipinski definition) is 2. The summed E-state index contributed by atoms with van der Waals surface area (Å²) < 4.78 is 0. The minimum absolute atomic E-state index is 0.190. The summed E-state index contributed by atoms with van der Waals surface area (Å²) in [5, 5.41) is 11.8. The van der Waals surface area contributed by atoms with E-state index < -0.39 is 18.4 Å². The van der Waals surface area contributed by atoms with E-state index in [-0.39, 0.29) is 12.5 Å². The fraction of sp³-hybridized carbons (Fsp3) is 0.211. The fourth-order valence-electron chi connectivity index (χ4n) is 2.43. The maximum Gasteiger partial charge on any atom is 0.323 e. The summed E-state index contributed by atoms with van der Waals surface area (Å²) in [6.45, 7) is 2.99. The molecule has 6 heteroatoms. The first-order valence-electron chi connectivity index (χ1n) is 7.80. The highest BCUT2D eigenvalue weighted by Crippen LogP contribution is 2.19. The van der Waals surface area contributed by atoms with Crippen molar-refractivity contribution in [3.05, 3.63) is 65.2 Å². The standard InChI is InChI=1S/C19H20N2O4/c1-13-8-9-16(10-17(13)20-14(2)22)19(25)21(12-18(23)24)11-15-6-4-3-5-7-15/h3-10H,11-12H2,1-2H3,(H,20,22)(H,23,24). The van der Waals surface area contributed by atoms with Gasteiger partial charge in [0.25, 0.3) is 5.91 Å². The third-order valence-electron chi connectivity index (χ3n) is 3.62. The Balaban J connectivity index is 2.29. The highest BCUT2D eigenvalue weighted by Gasteiger charge is 2.20. The van der Waals surface area contributed by atoms with Crippen LogP contribution in [0.25, 0.3) is 0 Å². The van der Waals surface area contributed by atoms with Gasteiger partial charge in [0.2, 0.25) is 5.91 Å². The molecule has 0 aromatic heterocycles. The number of amides is 2. The minimum atomic E-state index is -1.08. The number of aryl methyl sites for hydroxylation is 1. The number of hydrogen-bond acceptors (Lipinski definition) is 3. The average Bonchev–Trinajstić information content (AvgIpc) is 2.56. The number of carbonyl (C=O) groups excluding carboxylic acids is 2. The lowest BCUT2D eigenvalue weighted by atomic mass is 10.1. The summed E-state index contributed by atoms with van der Waals surface area (Å²) in [7, 11) is 0. The van der Waals surface area contributed by atoms with Crippen molar-refractivity contribution in [2.75, 3.05) is 11.9 Å². The largest absolute Gasteiger partial charge is 0.480 e. The number of anilines is 1. The molecule has 6 nitrogen and oxygen atoms in total. The van der Waals surface area contributed by atoms with Crippen LogP contribution in [0.4, 0.5) is 5.69 Å². The van der Waals surface area contributed by atoms with Gasteiger partial charge in [-0.1, -0.05) is 36.4 Å². The molecule has 2 aromatic carbocycles. The Morgan fingerprint density at radius 1 is 1.08 bits per heavy atom. The molecule has 0 saturated carbocycles. The molecule has 0 bridgehead atoms. The van der Waals surface area contributed by atoms with Crippen LogP contribution >= 0.6 is 0 Å². The molecule has 0 unspecified atom stereocenters. The van der Waals surface area contributed by atoms with Gasteiger partial charge in [0.1, 0.15) is 6.54 Å². The van der Waals surface area contributed by atoms with Crippen LogP contribution in [-0.2, 0) is 16.1 Å². The summed E-state index contributed by atoms with van der Waals surface area (Å²) in [6.07, 6.45) is 0. The van der Waals surface area contributed by atoms with Crippen molar-refractivity contribution in [1.82, 2.24) is 4.90 Å². The first kappa shape index (κ1) is 18.2. The second-order valence-corrected chi connectivity index (χ2v) is 5.75. The number of aliphatic carboxylic acids is 1. The van der Waals surface area contributed by atoms with Gasteiger partial charge in [0, 0.05) is 24.7 Å². The molecular weight excluding hydrogens is 320 g/mol. The molecule has 0 radical (unpaired) electrons. The molecular formula is C19H20N2O4. The molecule has 0 atom stereocenters. The Morgan fingerprint density at radius 2 is 1.76 bits per heavy atom. The van der Waals surface area contributed by atoms with E-state index in [1.54, 1.807) is 18.2 Å². The summed E-state index contributed by atoms with van der Waals surface area (Å²) in [6, 6.07) is 14.1. The van der Waals surface area contributed by atoms with Crippen molar-refractivity contribution < 1.29 is 19.5 Å². The summed E-state index contributed by atoms with van der Waals surface area (Å²) in [4.78, 5) is 36.5. The molecule has 25 heavy (non-hydrogen) atoms. The lowest BCUT2D eigenvalue weighted by molar-refractivity contribution is -0.137. The van der Waals surface area contributed by atoms with E-state index in [4.69, 9.17) is 5.11 Å². The lowest BCUT2D eigenvalue weighted by Crippen LogP contribution is -2.35. The zero-order chi connectivity index (χ0) is 18.4. The molecule has 0 fully saturated rings. The molecule has 2 amide bonds. The molecule has 0 spiro atoms. The molecule has 2 rings (SSSR count). The van der Waals surface area contributed by atoms with Crippen LogP contribution in [0.1, 0.15) is 28.4 Å². The Morgan fingerprint density at radius 3 is 2.36 bits per heavy atom. The van der Waals surface area contributed by atoms with Gasteiger partial charge in [0.05, 0.1) is 0 Å².